The Morgan fingerprint density at radius 2 is 2.21 bits per heavy atom. The number of halogens is 1. The number of thioether (sulfide) groups is 1. The van der Waals surface area contributed by atoms with Crippen LogP contribution in [0.3, 0.4) is 0 Å². The van der Waals surface area contributed by atoms with E-state index in [2.05, 4.69) is 39.9 Å². The van der Waals surface area contributed by atoms with Crippen LogP contribution in [-0.4, -0.2) is 21.0 Å². The van der Waals surface area contributed by atoms with E-state index in [4.69, 9.17) is 4.52 Å². The molecule has 0 saturated carbocycles. The lowest BCUT2D eigenvalue weighted by Gasteiger charge is -2.01. The van der Waals surface area contributed by atoms with E-state index in [-0.39, 0.29) is 5.75 Å². The highest BCUT2D eigenvalue weighted by molar-refractivity contribution is 9.10. The van der Waals surface area contributed by atoms with E-state index in [1.807, 2.05) is 0 Å². The highest BCUT2D eigenvalue weighted by Crippen LogP contribution is 2.30. The van der Waals surface area contributed by atoms with Crippen LogP contribution in [0.15, 0.2) is 27.2 Å². The molecule has 0 bridgehead atoms. The molecule has 0 spiro atoms. The van der Waals surface area contributed by atoms with Gasteiger partial charge in [0.25, 0.3) is 5.89 Å². The van der Waals surface area contributed by atoms with Crippen molar-refractivity contribution in [3.8, 4) is 17.2 Å². The van der Waals surface area contributed by atoms with Crippen molar-refractivity contribution < 1.29 is 9.63 Å². The number of benzene rings is 1. The standard InChI is InChI=1S/C13H15BrN2O2S/c1-8(2)6-19-7-12-15-13(18-16-12)10-5-9(14)3-4-11(10)17/h3-5,8,17H,6-7H2,1-2H3. The summed E-state index contributed by atoms with van der Waals surface area (Å²) < 4.78 is 6.04. The van der Waals surface area contributed by atoms with Gasteiger partial charge < -0.3 is 9.63 Å². The van der Waals surface area contributed by atoms with Crippen molar-refractivity contribution in [3.63, 3.8) is 0 Å². The smallest absolute Gasteiger partial charge is 0.261 e. The monoisotopic (exact) mass is 342 g/mol. The summed E-state index contributed by atoms with van der Waals surface area (Å²) >= 11 is 5.13. The SMILES string of the molecule is CC(C)CSCc1noc(-c2cc(Br)ccc2O)n1. The summed E-state index contributed by atoms with van der Waals surface area (Å²) in [5.41, 5.74) is 0.544. The first-order valence-corrected chi connectivity index (χ1v) is 7.90. The van der Waals surface area contributed by atoms with Crippen LogP contribution in [-0.2, 0) is 5.75 Å². The summed E-state index contributed by atoms with van der Waals surface area (Å²) in [7, 11) is 0. The second-order valence-corrected chi connectivity index (χ2v) is 6.53. The zero-order valence-corrected chi connectivity index (χ0v) is 13.2. The van der Waals surface area contributed by atoms with E-state index in [9.17, 15) is 5.11 Å². The molecule has 1 aromatic heterocycles. The molecule has 1 heterocycles. The number of hydrogen-bond donors (Lipinski definition) is 1. The molecule has 0 fully saturated rings. The van der Waals surface area contributed by atoms with Crippen LogP contribution in [0.5, 0.6) is 5.75 Å². The van der Waals surface area contributed by atoms with Gasteiger partial charge >= 0.3 is 0 Å². The molecule has 2 aromatic rings. The van der Waals surface area contributed by atoms with E-state index in [0.717, 1.165) is 16.0 Å². The number of rotatable bonds is 5. The summed E-state index contributed by atoms with van der Waals surface area (Å²) in [6, 6.07) is 5.11. The van der Waals surface area contributed by atoms with Crippen molar-refractivity contribution in [2.45, 2.75) is 19.6 Å². The minimum atomic E-state index is 0.133. The molecule has 0 saturated heterocycles. The Morgan fingerprint density at radius 1 is 1.42 bits per heavy atom. The third-order valence-corrected chi connectivity index (χ3v) is 4.20. The largest absolute Gasteiger partial charge is 0.507 e. The third-order valence-electron chi connectivity index (χ3n) is 2.34. The van der Waals surface area contributed by atoms with Gasteiger partial charge in [0, 0.05) is 4.47 Å². The van der Waals surface area contributed by atoms with Crippen molar-refractivity contribution in [1.29, 1.82) is 0 Å². The lowest BCUT2D eigenvalue weighted by molar-refractivity contribution is 0.419. The van der Waals surface area contributed by atoms with Crippen molar-refractivity contribution in [2.75, 3.05) is 5.75 Å². The number of aromatic hydroxyl groups is 1. The Labute approximate surface area is 124 Å². The molecule has 1 aromatic carbocycles. The lowest BCUT2D eigenvalue weighted by Crippen LogP contribution is -1.92. The van der Waals surface area contributed by atoms with Crippen LogP contribution in [0, 0.1) is 5.92 Å². The molecule has 0 unspecified atom stereocenters. The predicted molar refractivity (Wildman–Crippen MR) is 80.1 cm³/mol. The molecule has 0 amide bonds. The van der Waals surface area contributed by atoms with E-state index < -0.39 is 0 Å². The van der Waals surface area contributed by atoms with E-state index >= 15 is 0 Å². The van der Waals surface area contributed by atoms with Crippen LogP contribution in [0.4, 0.5) is 0 Å². The van der Waals surface area contributed by atoms with Crippen molar-refractivity contribution in [3.05, 3.63) is 28.5 Å². The minimum Gasteiger partial charge on any atom is -0.507 e. The topological polar surface area (TPSA) is 59.2 Å². The van der Waals surface area contributed by atoms with Gasteiger partial charge in [-0.3, -0.25) is 0 Å². The maximum absolute atomic E-state index is 9.79. The maximum atomic E-state index is 9.79. The fraction of sp³-hybridized carbons (Fsp3) is 0.385. The fourth-order valence-corrected chi connectivity index (χ4v) is 2.74. The number of aromatic nitrogens is 2. The van der Waals surface area contributed by atoms with Gasteiger partial charge in [0.05, 0.1) is 11.3 Å². The predicted octanol–water partition coefficient (Wildman–Crippen LogP) is 4.09. The molecule has 0 atom stereocenters. The minimum absolute atomic E-state index is 0.133. The molecule has 102 valence electrons. The molecular weight excluding hydrogens is 328 g/mol. The Hall–Kier alpha value is -1.01. The van der Waals surface area contributed by atoms with Crippen molar-refractivity contribution in [1.82, 2.24) is 10.1 Å². The number of hydrogen-bond acceptors (Lipinski definition) is 5. The van der Waals surface area contributed by atoms with E-state index in [1.165, 1.54) is 0 Å². The Balaban J connectivity index is 2.10. The zero-order valence-electron chi connectivity index (χ0n) is 10.8. The van der Waals surface area contributed by atoms with Crippen LogP contribution in [0.25, 0.3) is 11.5 Å². The first-order valence-electron chi connectivity index (χ1n) is 5.95. The van der Waals surface area contributed by atoms with Gasteiger partial charge in [-0.25, -0.2) is 0 Å². The maximum Gasteiger partial charge on any atom is 0.261 e. The van der Waals surface area contributed by atoms with Crippen LogP contribution >= 0.6 is 27.7 Å². The first-order chi connectivity index (χ1) is 9.06. The molecule has 0 radical (unpaired) electrons. The van der Waals surface area contributed by atoms with E-state index in [0.29, 0.717) is 23.2 Å². The second kappa shape index (κ2) is 6.43. The molecule has 0 aliphatic carbocycles. The number of phenolic OH excluding ortho intramolecular Hbond substituents is 1. The molecule has 0 aliphatic rings. The zero-order chi connectivity index (χ0) is 13.8. The van der Waals surface area contributed by atoms with E-state index in [1.54, 1.807) is 30.0 Å². The van der Waals surface area contributed by atoms with Gasteiger partial charge in [-0.1, -0.05) is 34.9 Å². The highest BCUT2D eigenvalue weighted by atomic mass is 79.9. The average Bonchev–Trinajstić information content (AvgIpc) is 2.80. The molecule has 19 heavy (non-hydrogen) atoms. The molecular formula is C13H15BrN2O2S. The lowest BCUT2D eigenvalue weighted by atomic mass is 10.2. The first kappa shape index (κ1) is 14.4. The number of phenols is 1. The van der Waals surface area contributed by atoms with Gasteiger partial charge in [0.1, 0.15) is 5.75 Å². The molecule has 0 aliphatic heterocycles. The van der Waals surface area contributed by atoms with Gasteiger partial charge in [0.2, 0.25) is 0 Å². The third kappa shape index (κ3) is 3.98. The van der Waals surface area contributed by atoms with Crippen LogP contribution in [0.1, 0.15) is 19.7 Å². The van der Waals surface area contributed by atoms with Gasteiger partial charge in [0.15, 0.2) is 5.82 Å². The fourth-order valence-electron chi connectivity index (χ4n) is 1.49. The summed E-state index contributed by atoms with van der Waals surface area (Å²) in [5.74, 6) is 3.56. The highest BCUT2D eigenvalue weighted by Gasteiger charge is 2.13. The second-order valence-electron chi connectivity index (χ2n) is 4.59. The van der Waals surface area contributed by atoms with Crippen LogP contribution < -0.4 is 0 Å². The summed E-state index contributed by atoms with van der Waals surface area (Å²) in [6.45, 7) is 4.35. The molecule has 2 rings (SSSR count). The Bertz CT molecular complexity index is 557. The van der Waals surface area contributed by atoms with Gasteiger partial charge in [-0.2, -0.15) is 16.7 Å². The van der Waals surface area contributed by atoms with Crippen molar-refractivity contribution >= 4 is 27.7 Å². The normalized spacial score (nSPS) is 11.2. The van der Waals surface area contributed by atoms with Crippen LogP contribution in [0.2, 0.25) is 0 Å². The quantitative estimate of drug-likeness (QED) is 0.886. The Morgan fingerprint density at radius 3 is 2.95 bits per heavy atom. The Kier molecular flexibility index (Phi) is 4.87. The molecule has 6 heteroatoms. The average molecular weight is 343 g/mol. The van der Waals surface area contributed by atoms with Crippen molar-refractivity contribution in [2.24, 2.45) is 5.92 Å². The summed E-state index contributed by atoms with van der Waals surface area (Å²) in [6.07, 6.45) is 0. The molecule has 4 nitrogen and oxygen atoms in total. The summed E-state index contributed by atoms with van der Waals surface area (Å²) in [5, 5.41) is 13.7. The summed E-state index contributed by atoms with van der Waals surface area (Å²) in [4.78, 5) is 4.30. The number of nitrogens with zero attached hydrogens (tertiary/aromatic N) is 2. The molecule has 1 N–H and O–H groups in total. The van der Waals surface area contributed by atoms with Gasteiger partial charge in [-0.05, 0) is 29.9 Å². The van der Waals surface area contributed by atoms with Gasteiger partial charge in [-0.15, -0.1) is 0 Å².